The lowest BCUT2D eigenvalue weighted by Crippen LogP contribution is -2.21. The van der Waals surface area contributed by atoms with E-state index >= 15 is 0 Å². The van der Waals surface area contributed by atoms with E-state index < -0.39 is 5.97 Å². The molecule has 0 bridgehead atoms. The molecule has 30 heavy (non-hydrogen) atoms. The zero-order chi connectivity index (χ0) is 21.7. The molecule has 8 heteroatoms. The van der Waals surface area contributed by atoms with Gasteiger partial charge in [-0.3, -0.25) is 4.79 Å². The molecular weight excluding hydrogens is 470 g/mol. The highest BCUT2D eigenvalue weighted by Gasteiger charge is 2.25. The predicted octanol–water partition coefficient (Wildman–Crippen LogP) is 5.30. The number of methoxy groups -OCH3 is 2. The van der Waals surface area contributed by atoms with Gasteiger partial charge in [0.05, 0.1) is 14.2 Å². The minimum Gasteiger partial charge on any atom is -0.497 e. The maximum atomic E-state index is 12.5. The van der Waals surface area contributed by atoms with Crippen molar-refractivity contribution in [3.05, 3.63) is 63.4 Å². The van der Waals surface area contributed by atoms with E-state index in [4.69, 9.17) is 14.2 Å². The molecule has 156 valence electrons. The summed E-state index contributed by atoms with van der Waals surface area (Å²) in [4.78, 5) is 25.9. The molecule has 0 atom stereocenters. The lowest BCUT2D eigenvalue weighted by Gasteiger charge is -2.09. The molecule has 0 aliphatic heterocycles. The van der Waals surface area contributed by atoms with Gasteiger partial charge < -0.3 is 19.5 Å². The van der Waals surface area contributed by atoms with Crippen molar-refractivity contribution in [2.24, 2.45) is 0 Å². The van der Waals surface area contributed by atoms with Crippen molar-refractivity contribution in [1.82, 2.24) is 0 Å². The smallest absolute Gasteiger partial charge is 0.341 e. The van der Waals surface area contributed by atoms with Crippen LogP contribution in [-0.4, -0.2) is 32.7 Å². The Bertz CT molecular complexity index is 1040. The zero-order valence-corrected chi connectivity index (χ0v) is 19.1. The highest BCUT2D eigenvalue weighted by Crippen LogP contribution is 2.40. The molecule has 0 saturated carbocycles. The number of hydrogen-bond donors (Lipinski definition) is 1. The average molecular weight is 490 g/mol. The van der Waals surface area contributed by atoms with Crippen molar-refractivity contribution in [3.8, 4) is 22.6 Å². The van der Waals surface area contributed by atoms with E-state index in [-0.39, 0.29) is 12.5 Å². The van der Waals surface area contributed by atoms with Crippen molar-refractivity contribution in [2.45, 2.75) is 6.92 Å². The summed E-state index contributed by atoms with van der Waals surface area (Å²) in [5, 5.41) is 3.21. The topological polar surface area (TPSA) is 73.9 Å². The van der Waals surface area contributed by atoms with E-state index in [1.807, 2.05) is 31.2 Å². The Kier molecular flexibility index (Phi) is 7.12. The number of amides is 1. The van der Waals surface area contributed by atoms with Crippen molar-refractivity contribution in [3.63, 3.8) is 0 Å². The van der Waals surface area contributed by atoms with E-state index in [1.54, 1.807) is 31.4 Å². The van der Waals surface area contributed by atoms with E-state index in [0.717, 1.165) is 20.5 Å². The number of nitrogens with one attached hydrogen (secondary N) is 1. The molecule has 0 saturated heterocycles. The molecule has 1 N–H and O–H groups in total. The van der Waals surface area contributed by atoms with Crippen LogP contribution in [-0.2, 0) is 9.53 Å². The van der Waals surface area contributed by atoms with Crippen LogP contribution in [0.1, 0.15) is 15.2 Å². The molecule has 0 spiro atoms. The largest absolute Gasteiger partial charge is 0.497 e. The molecule has 0 fully saturated rings. The number of thiophene rings is 1. The van der Waals surface area contributed by atoms with Gasteiger partial charge in [-0.25, -0.2) is 4.79 Å². The molecule has 0 aliphatic carbocycles. The first kappa shape index (κ1) is 21.9. The van der Waals surface area contributed by atoms with Crippen LogP contribution < -0.4 is 14.8 Å². The number of ether oxygens (including phenoxy) is 3. The van der Waals surface area contributed by atoms with Gasteiger partial charge in [-0.2, -0.15) is 0 Å². The molecule has 3 rings (SSSR count). The van der Waals surface area contributed by atoms with Gasteiger partial charge in [0.15, 0.2) is 6.61 Å². The standard InChI is InChI=1S/C22H20BrNO5S/c1-13-19(14-4-6-15(23)7-5-14)20(22(26)28-3)21(30-13)24-18(25)12-29-17-10-8-16(27-2)9-11-17/h4-11H,12H2,1-3H3,(H,24,25). The third-order valence-electron chi connectivity index (χ3n) is 4.29. The summed E-state index contributed by atoms with van der Waals surface area (Å²) >= 11 is 4.74. The number of rotatable bonds is 7. The van der Waals surface area contributed by atoms with Crippen LogP contribution in [0.3, 0.4) is 0 Å². The maximum Gasteiger partial charge on any atom is 0.341 e. The van der Waals surface area contributed by atoms with Gasteiger partial charge in [0.2, 0.25) is 0 Å². The minimum atomic E-state index is -0.511. The number of carbonyl (C=O) groups is 2. The summed E-state index contributed by atoms with van der Waals surface area (Å²) in [6.07, 6.45) is 0. The number of anilines is 1. The van der Waals surface area contributed by atoms with Gasteiger partial charge in [-0.05, 0) is 48.9 Å². The van der Waals surface area contributed by atoms with Crippen molar-refractivity contribution < 1.29 is 23.8 Å². The lowest BCUT2D eigenvalue weighted by molar-refractivity contribution is -0.118. The number of halogens is 1. The van der Waals surface area contributed by atoms with Crippen LogP contribution >= 0.6 is 27.3 Å². The summed E-state index contributed by atoms with van der Waals surface area (Å²) in [6.45, 7) is 1.70. The first-order valence-corrected chi connectivity index (χ1v) is 10.6. The summed E-state index contributed by atoms with van der Waals surface area (Å²) in [5.41, 5.74) is 1.94. The first-order valence-electron chi connectivity index (χ1n) is 8.97. The normalized spacial score (nSPS) is 10.4. The van der Waals surface area contributed by atoms with E-state index in [1.165, 1.54) is 18.4 Å². The van der Waals surface area contributed by atoms with Gasteiger partial charge in [-0.15, -0.1) is 11.3 Å². The summed E-state index contributed by atoms with van der Waals surface area (Å²) < 4.78 is 16.5. The van der Waals surface area contributed by atoms with Crippen molar-refractivity contribution in [1.29, 1.82) is 0 Å². The molecule has 2 aromatic carbocycles. The Labute approximate surface area is 186 Å². The Morgan fingerprint density at radius 3 is 2.23 bits per heavy atom. The molecular formula is C22H20BrNO5S. The number of esters is 1. The highest BCUT2D eigenvalue weighted by atomic mass is 79.9. The van der Waals surface area contributed by atoms with E-state index in [2.05, 4.69) is 21.2 Å². The number of hydrogen-bond acceptors (Lipinski definition) is 6. The minimum absolute atomic E-state index is 0.197. The fourth-order valence-electron chi connectivity index (χ4n) is 2.88. The Hall–Kier alpha value is -2.84. The first-order chi connectivity index (χ1) is 14.4. The molecule has 1 aromatic heterocycles. The SMILES string of the molecule is COC(=O)c1c(NC(=O)COc2ccc(OC)cc2)sc(C)c1-c1ccc(Br)cc1. The van der Waals surface area contributed by atoms with Gasteiger partial charge in [-0.1, -0.05) is 28.1 Å². The fourth-order valence-corrected chi connectivity index (χ4v) is 4.22. The second-order valence-electron chi connectivity index (χ2n) is 6.25. The van der Waals surface area contributed by atoms with Crippen molar-refractivity contribution in [2.75, 3.05) is 26.1 Å². The van der Waals surface area contributed by atoms with Crippen LogP contribution in [0.4, 0.5) is 5.00 Å². The number of benzene rings is 2. The third kappa shape index (κ3) is 5.01. The van der Waals surface area contributed by atoms with Crippen LogP contribution in [0.15, 0.2) is 53.0 Å². The molecule has 1 amide bonds. The highest BCUT2D eigenvalue weighted by molar-refractivity contribution is 9.10. The Morgan fingerprint density at radius 1 is 1.00 bits per heavy atom. The zero-order valence-electron chi connectivity index (χ0n) is 16.7. The van der Waals surface area contributed by atoms with Gasteiger partial charge >= 0.3 is 5.97 Å². The fraction of sp³-hybridized carbons (Fsp3) is 0.182. The van der Waals surface area contributed by atoms with Crippen LogP contribution in [0.2, 0.25) is 0 Å². The van der Waals surface area contributed by atoms with Crippen LogP contribution in [0.25, 0.3) is 11.1 Å². The molecule has 0 unspecified atom stereocenters. The van der Waals surface area contributed by atoms with Gasteiger partial charge in [0.25, 0.3) is 5.91 Å². The maximum absolute atomic E-state index is 12.5. The molecule has 6 nitrogen and oxygen atoms in total. The number of carbonyl (C=O) groups excluding carboxylic acids is 2. The Morgan fingerprint density at radius 2 is 1.63 bits per heavy atom. The number of aryl methyl sites for hydroxylation is 1. The molecule has 1 heterocycles. The van der Waals surface area contributed by atoms with Crippen LogP contribution in [0, 0.1) is 6.92 Å². The Balaban J connectivity index is 1.80. The molecule has 0 aliphatic rings. The monoisotopic (exact) mass is 489 g/mol. The van der Waals surface area contributed by atoms with Crippen molar-refractivity contribution >= 4 is 44.1 Å². The van der Waals surface area contributed by atoms with Gasteiger partial charge in [0, 0.05) is 14.9 Å². The molecule has 3 aromatic rings. The van der Waals surface area contributed by atoms with E-state index in [0.29, 0.717) is 22.1 Å². The van der Waals surface area contributed by atoms with Gasteiger partial charge in [0.1, 0.15) is 22.1 Å². The molecule has 0 radical (unpaired) electrons. The average Bonchev–Trinajstić information content (AvgIpc) is 3.08. The summed E-state index contributed by atoms with van der Waals surface area (Å²) in [7, 11) is 2.90. The summed E-state index contributed by atoms with van der Waals surface area (Å²) in [5.74, 6) is 0.351. The second-order valence-corrected chi connectivity index (χ2v) is 8.39. The lowest BCUT2D eigenvalue weighted by atomic mass is 10.0. The third-order valence-corrected chi connectivity index (χ3v) is 5.84. The quantitative estimate of drug-likeness (QED) is 0.455. The van der Waals surface area contributed by atoms with E-state index in [9.17, 15) is 9.59 Å². The predicted molar refractivity (Wildman–Crippen MR) is 121 cm³/mol. The second kappa shape index (κ2) is 9.77. The van der Waals surface area contributed by atoms with Crippen LogP contribution in [0.5, 0.6) is 11.5 Å². The summed E-state index contributed by atoms with van der Waals surface area (Å²) in [6, 6.07) is 14.5.